The van der Waals surface area contributed by atoms with Crippen LogP contribution >= 0.6 is 11.5 Å². The third-order valence-corrected chi connectivity index (χ3v) is 6.76. The van der Waals surface area contributed by atoms with Crippen LogP contribution in [0.25, 0.3) is 0 Å². The fraction of sp³-hybridized carbons (Fsp3) is 0.400. The Morgan fingerprint density at radius 1 is 1.21 bits per heavy atom. The van der Waals surface area contributed by atoms with Crippen LogP contribution in [0.5, 0.6) is 5.75 Å². The number of aromatic nitrogens is 2. The first-order valence-corrected chi connectivity index (χ1v) is 12.1. The van der Waals surface area contributed by atoms with E-state index in [-0.39, 0.29) is 12.1 Å². The van der Waals surface area contributed by atoms with E-state index in [9.17, 15) is 4.79 Å². The standard InChI is InChI=1S/C25H31N5O2S/c1-17(2)20-8-10-21(11-9-20)26-24(31)30-13-12-29(16-18(30)3)25-27-23(28-33-25)15-19-6-5-7-22(14-19)32-4/h5-11,14,17-18H,12-13,15-16H2,1-4H3,(H,26,31). The van der Waals surface area contributed by atoms with Crippen molar-refractivity contribution in [3.8, 4) is 5.75 Å². The highest BCUT2D eigenvalue weighted by Gasteiger charge is 2.29. The summed E-state index contributed by atoms with van der Waals surface area (Å²) in [6.45, 7) is 8.50. The van der Waals surface area contributed by atoms with Gasteiger partial charge in [-0.2, -0.15) is 4.37 Å². The molecule has 1 saturated heterocycles. The van der Waals surface area contributed by atoms with E-state index in [1.54, 1.807) is 7.11 Å². The molecule has 7 nitrogen and oxygen atoms in total. The first kappa shape index (κ1) is 23.0. The van der Waals surface area contributed by atoms with Gasteiger partial charge in [-0.05, 0) is 48.2 Å². The molecule has 4 rings (SSSR count). The molecule has 2 heterocycles. The monoisotopic (exact) mass is 465 g/mol. The number of hydrogen-bond donors (Lipinski definition) is 1. The molecule has 0 spiro atoms. The predicted octanol–water partition coefficient (Wildman–Crippen LogP) is 5.00. The van der Waals surface area contributed by atoms with Crippen molar-refractivity contribution < 1.29 is 9.53 Å². The van der Waals surface area contributed by atoms with Crippen molar-refractivity contribution in [1.82, 2.24) is 14.3 Å². The van der Waals surface area contributed by atoms with Crippen LogP contribution in [0.15, 0.2) is 48.5 Å². The van der Waals surface area contributed by atoms with Crippen molar-refractivity contribution in [3.05, 3.63) is 65.5 Å². The lowest BCUT2D eigenvalue weighted by molar-refractivity contribution is 0.185. The summed E-state index contributed by atoms with van der Waals surface area (Å²) in [6.07, 6.45) is 0.668. The minimum atomic E-state index is -0.0598. The van der Waals surface area contributed by atoms with Gasteiger partial charge in [0.1, 0.15) is 11.6 Å². The zero-order chi connectivity index (χ0) is 23.4. The number of methoxy groups -OCH3 is 1. The molecular formula is C25H31N5O2S. The van der Waals surface area contributed by atoms with Gasteiger partial charge >= 0.3 is 6.03 Å². The third kappa shape index (κ3) is 5.63. The molecule has 1 aromatic heterocycles. The Morgan fingerprint density at radius 2 is 2.00 bits per heavy atom. The molecule has 1 atom stereocenters. The predicted molar refractivity (Wildman–Crippen MR) is 134 cm³/mol. The Hall–Kier alpha value is -3.13. The van der Waals surface area contributed by atoms with E-state index in [0.717, 1.165) is 41.0 Å². The molecule has 1 aliphatic heterocycles. The number of hydrogen-bond acceptors (Lipinski definition) is 6. The van der Waals surface area contributed by atoms with Crippen LogP contribution in [0, 0.1) is 0 Å². The molecular weight excluding hydrogens is 434 g/mol. The van der Waals surface area contributed by atoms with Crippen LogP contribution in [0.1, 0.15) is 43.6 Å². The summed E-state index contributed by atoms with van der Waals surface area (Å²) in [4.78, 5) is 21.7. The first-order chi connectivity index (χ1) is 15.9. The zero-order valence-electron chi connectivity index (χ0n) is 19.6. The van der Waals surface area contributed by atoms with Gasteiger partial charge in [0, 0.05) is 49.3 Å². The fourth-order valence-corrected chi connectivity index (χ4v) is 4.71. The molecule has 0 radical (unpaired) electrons. The molecule has 1 aliphatic rings. The SMILES string of the molecule is COc1cccc(Cc2nsc(N3CCN(C(=O)Nc4ccc(C(C)C)cc4)C(C)C3)n2)c1. The summed E-state index contributed by atoms with van der Waals surface area (Å²) in [5, 5.41) is 3.94. The van der Waals surface area contributed by atoms with Crippen LogP contribution in [-0.2, 0) is 6.42 Å². The van der Waals surface area contributed by atoms with Gasteiger partial charge in [0.25, 0.3) is 0 Å². The van der Waals surface area contributed by atoms with E-state index in [1.807, 2.05) is 35.2 Å². The number of amides is 2. The molecule has 0 bridgehead atoms. The Bertz CT molecular complexity index is 1080. The maximum atomic E-state index is 12.9. The minimum absolute atomic E-state index is 0.0598. The zero-order valence-corrected chi connectivity index (χ0v) is 20.4. The Balaban J connectivity index is 1.33. The number of benzene rings is 2. The quantitative estimate of drug-likeness (QED) is 0.555. The second-order valence-electron chi connectivity index (χ2n) is 8.72. The highest BCUT2D eigenvalue weighted by atomic mass is 32.1. The van der Waals surface area contributed by atoms with Crippen molar-refractivity contribution in [2.45, 2.75) is 39.2 Å². The largest absolute Gasteiger partial charge is 0.497 e. The van der Waals surface area contributed by atoms with Gasteiger partial charge in [-0.25, -0.2) is 9.78 Å². The molecule has 3 aromatic rings. The van der Waals surface area contributed by atoms with Crippen molar-refractivity contribution in [2.75, 3.05) is 37.0 Å². The molecule has 0 aliphatic carbocycles. The summed E-state index contributed by atoms with van der Waals surface area (Å²) in [5.74, 6) is 2.11. The molecule has 1 N–H and O–H groups in total. The summed E-state index contributed by atoms with van der Waals surface area (Å²) >= 11 is 1.42. The second-order valence-corrected chi connectivity index (χ2v) is 9.45. The van der Waals surface area contributed by atoms with Crippen LogP contribution in [-0.4, -0.2) is 53.1 Å². The van der Waals surface area contributed by atoms with E-state index in [0.29, 0.717) is 18.9 Å². The highest BCUT2D eigenvalue weighted by Crippen LogP contribution is 2.24. The third-order valence-electron chi connectivity index (χ3n) is 5.94. The topological polar surface area (TPSA) is 70.6 Å². The van der Waals surface area contributed by atoms with E-state index >= 15 is 0 Å². The normalized spacial score (nSPS) is 16.2. The lowest BCUT2D eigenvalue weighted by atomic mass is 10.0. The van der Waals surface area contributed by atoms with Crippen molar-refractivity contribution >= 4 is 28.4 Å². The highest BCUT2D eigenvalue weighted by molar-refractivity contribution is 7.09. The van der Waals surface area contributed by atoms with Gasteiger partial charge in [-0.1, -0.05) is 38.1 Å². The Morgan fingerprint density at radius 3 is 2.70 bits per heavy atom. The van der Waals surface area contributed by atoms with Crippen molar-refractivity contribution in [2.24, 2.45) is 0 Å². The molecule has 1 unspecified atom stereocenters. The number of piperazine rings is 1. The van der Waals surface area contributed by atoms with Crippen LogP contribution in [0.3, 0.4) is 0 Å². The van der Waals surface area contributed by atoms with Gasteiger partial charge in [-0.3, -0.25) is 0 Å². The number of urea groups is 1. The number of carbonyl (C=O) groups is 1. The summed E-state index contributed by atoms with van der Waals surface area (Å²) in [6, 6.07) is 16.1. The van der Waals surface area contributed by atoms with Gasteiger partial charge in [0.2, 0.25) is 5.13 Å². The summed E-state index contributed by atoms with van der Waals surface area (Å²) in [5.41, 5.74) is 3.21. The molecule has 2 amide bonds. The van der Waals surface area contributed by atoms with Gasteiger partial charge in [0.15, 0.2) is 0 Å². The Kier molecular flexibility index (Phi) is 7.13. The van der Waals surface area contributed by atoms with Crippen LogP contribution < -0.4 is 15.0 Å². The van der Waals surface area contributed by atoms with Crippen molar-refractivity contribution in [3.63, 3.8) is 0 Å². The van der Waals surface area contributed by atoms with E-state index in [2.05, 4.69) is 53.6 Å². The first-order valence-electron chi connectivity index (χ1n) is 11.3. The summed E-state index contributed by atoms with van der Waals surface area (Å²) < 4.78 is 9.85. The van der Waals surface area contributed by atoms with Gasteiger partial charge < -0.3 is 19.9 Å². The average Bonchev–Trinajstić information content (AvgIpc) is 3.28. The smallest absolute Gasteiger partial charge is 0.322 e. The maximum absolute atomic E-state index is 12.9. The molecule has 1 fully saturated rings. The minimum Gasteiger partial charge on any atom is -0.497 e. The number of ether oxygens (including phenoxy) is 1. The molecule has 8 heteroatoms. The number of rotatable bonds is 6. The van der Waals surface area contributed by atoms with Crippen LogP contribution in [0.4, 0.5) is 15.6 Å². The average molecular weight is 466 g/mol. The summed E-state index contributed by atoms with van der Waals surface area (Å²) in [7, 11) is 1.67. The fourth-order valence-electron chi connectivity index (χ4n) is 3.99. The lowest BCUT2D eigenvalue weighted by Crippen LogP contribution is -2.55. The molecule has 2 aromatic carbocycles. The molecule has 174 valence electrons. The van der Waals surface area contributed by atoms with Crippen molar-refractivity contribution in [1.29, 1.82) is 0 Å². The van der Waals surface area contributed by atoms with Crippen LogP contribution in [0.2, 0.25) is 0 Å². The molecule has 33 heavy (non-hydrogen) atoms. The second kappa shape index (κ2) is 10.2. The van der Waals surface area contributed by atoms with Gasteiger partial charge in [0.05, 0.1) is 7.11 Å². The maximum Gasteiger partial charge on any atom is 0.322 e. The number of anilines is 2. The molecule has 0 saturated carbocycles. The van der Waals surface area contributed by atoms with E-state index < -0.39 is 0 Å². The number of nitrogens with zero attached hydrogens (tertiary/aromatic N) is 4. The number of carbonyl (C=O) groups excluding carboxylic acids is 1. The van der Waals surface area contributed by atoms with E-state index in [1.165, 1.54) is 17.1 Å². The Labute approximate surface area is 199 Å². The lowest BCUT2D eigenvalue weighted by Gasteiger charge is -2.39. The van der Waals surface area contributed by atoms with E-state index in [4.69, 9.17) is 9.72 Å². The van der Waals surface area contributed by atoms with Gasteiger partial charge in [-0.15, -0.1) is 0 Å². The number of nitrogens with one attached hydrogen (secondary N) is 1.